The lowest BCUT2D eigenvalue weighted by atomic mass is 10.2. The highest BCUT2D eigenvalue weighted by atomic mass is 16.2. The smallest absolute Gasteiger partial charge is 0.330 e. The number of rotatable bonds is 3. The van der Waals surface area contributed by atoms with E-state index in [9.17, 15) is 9.59 Å². The Morgan fingerprint density at radius 2 is 2.33 bits per heavy atom. The zero-order valence-corrected chi connectivity index (χ0v) is 8.69. The molecule has 1 aromatic heterocycles. The fourth-order valence-corrected chi connectivity index (χ4v) is 2.09. The topological polar surface area (TPSA) is 80.9 Å². The molecule has 0 radical (unpaired) electrons. The van der Waals surface area contributed by atoms with Gasteiger partial charge in [0.1, 0.15) is 5.82 Å². The molecule has 1 aliphatic carbocycles. The number of nitrogens with zero attached hydrogens (tertiary/aromatic N) is 1. The lowest BCUT2D eigenvalue weighted by Gasteiger charge is -2.07. The van der Waals surface area contributed by atoms with Crippen LogP contribution < -0.4 is 17.0 Å². The van der Waals surface area contributed by atoms with Crippen LogP contribution in [0.2, 0.25) is 0 Å². The molecule has 5 nitrogen and oxygen atoms in total. The second-order valence-corrected chi connectivity index (χ2v) is 4.09. The van der Waals surface area contributed by atoms with Crippen molar-refractivity contribution in [1.29, 1.82) is 0 Å². The summed E-state index contributed by atoms with van der Waals surface area (Å²) in [7, 11) is 0. The van der Waals surface area contributed by atoms with Gasteiger partial charge < -0.3 is 5.73 Å². The first-order chi connectivity index (χ1) is 7.13. The van der Waals surface area contributed by atoms with E-state index in [1.54, 1.807) is 0 Å². The molecule has 2 rings (SSSR count). The van der Waals surface area contributed by atoms with Crippen molar-refractivity contribution in [1.82, 2.24) is 9.55 Å². The van der Waals surface area contributed by atoms with Crippen LogP contribution in [0.3, 0.4) is 0 Å². The Labute approximate surface area is 86.9 Å². The Bertz CT molecular complexity index is 474. The van der Waals surface area contributed by atoms with E-state index in [4.69, 9.17) is 5.73 Å². The van der Waals surface area contributed by atoms with Crippen LogP contribution in [0.5, 0.6) is 0 Å². The normalized spacial score (nSPS) is 24.1. The fourth-order valence-electron chi connectivity index (χ4n) is 2.09. The third-order valence-electron chi connectivity index (χ3n) is 2.88. The summed E-state index contributed by atoms with van der Waals surface area (Å²) in [4.78, 5) is 24.7. The first-order valence-electron chi connectivity index (χ1n) is 5.24. The molecule has 0 aliphatic heterocycles. The molecule has 0 bridgehead atoms. The number of H-pyrrole nitrogens is 1. The third-order valence-corrected chi connectivity index (χ3v) is 2.88. The molecular formula is C10H15N3O2. The van der Waals surface area contributed by atoms with Crippen molar-refractivity contribution in [2.75, 3.05) is 5.73 Å². The van der Waals surface area contributed by atoms with E-state index in [0.29, 0.717) is 5.92 Å². The minimum absolute atomic E-state index is 0.189. The van der Waals surface area contributed by atoms with E-state index in [1.807, 2.05) is 0 Å². The number of nitrogens with two attached hydrogens (primary N) is 1. The summed E-state index contributed by atoms with van der Waals surface area (Å²) in [5, 5.41) is 0. The highest BCUT2D eigenvalue weighted by Gasteiger charge is 2.39. The molecular weight excluding hydrogens is 194 g/mol. The Morgan fingerprint density at radius 1 is 1.60 bits per heavy atom. The molecule has 1 aliphatic rings. The van der Waals surface area contributed by atoms with Gasteiger partial charge in [0, 0.05) is 12.1 Å². The number of aromatic nitrogens is 2. The van der Waals surface area contributed by atoms with Crippen LogP contribution in [-0.4, -0.2) is 9.55 Å². The number of aromatic amines is 1. The average molecular weight is 209 g/mol. The Morgan fingerprint density at radius 3 is 2.93 bits per heavy atom. The molecule has 82 valence electrons. The maximum atomic E-state index is 11.5. The predicted molar refractivity (Wildman–Crippen MR) is 57.8 cm³/mol. The molecule has 1 aromatic rings. The van der Waals surface area contributed by atoms with Gasteiger partial charge in [-0.1, -0.05) is 13.3 Å². The molecule has 3 N–H and O–H groups in total. The van der Waals surface area contributed by atoms with Crippen molar-refractivity contribution in [2.24, 2.45) is 5.92 Å². The number of hydrogen-bond acceptors (Lipinski definition) is 3. The monoisotopic (exact) mass is 209 g/mol. The van der Waals surface area contributed by atoms with Crippen molar-refractivity contribution < 1.29 is 0 Å². The summed E-state index contributed by atoms with van der Waals surface area (Å²) in [6.07, 6.45) is 3.21. The highest BCUT2D eigenvalue weighted by molar-refractivity contribution is 5.28. The summed E-state index contributed by atoms with van der Waals surface area (Å²) in [5.74, 6) is 0.813. The lowest BCUT2D eigenvalue weighted by molar-refractivity contribution is 0.588. The highest BCUT2D eigenvalue weighted by Crippen LogP contribution is 2.46. The molecule has 1 saturated carbocycles. The minimum Gasteiger partial charge on any atom is -0.385 e. The maximum absolute atomic E-state index is 11.5. The predicted octanol–water partition coefficient (Wildman–Crippen LogP) is 0.480. The van der Waals surface area contributed by atoms with Gasteiger partial charge in [-0.15, -0.1) is 0 Å². The van der Waals surface area contributed by atoms with Gasteiger partial charge in [-0.3, -0.25) is 14.3 Å². The van der Waals surface area contributed by atoms with Gasteiger partial charge >= 0.3 is 5.69 Å². The van der Waals surface area contributed by atoms with Gasteiger partial charge in [0.15, 0.2) is 0 Å². The zero-order chi connectivity index (χ0) is 11.0. The van der Waals surface area contributed by atoms with E-state index in [-0.39, 0.29) is 17.5 Å². The molecule has 15 heavy (non-hydrogen) atoms. The number of nitrogens with one attached hydrogen (secondary N) is 1. The molecule has 1 fully saturated rings. The van der Waals surface area contributed by atoms with Crippen molar-refractivity contribution in [3.63, 3.8) is 0 Å². The van der Waals surface area contributed by atoms with Gasteiger partial charge in [0.05, 0.1) is 0 Å². The van der Waals surface area contributed by atoms with Gasteiger partial charge in [0.25, 0.3) is 5.56 Å². The number of hydrogen-bond donors (Lipinski definition) is 2. The zero-order valence-electron chi connectivity index (χ0n) is 8.69. The van der Waals surface area contributed by atoms with Gasteiger partial charge in [-0.2, -0.15) is 0 Å². The SMILES string of the molecule is CCCC1CC1n1c(N)cc(=O)[nH]c1=O. The second kappa shape index (κ2) is 3.56. The van der Waals surface area contributed by atoms with Crippen LogP contribution in [0.4, 0.5) is 5.82 Å². The molecule has 2 atom stereocenters. The van der Waals surface area contributed by atoms with Crippen molar-refractivity contribution in [3.05, 3.63) is 26.9 Å². The first kappa shape index (κ1) is 10.0. The average Bonchev–Trinajstić information content (AvgIpc) is 2.82. The van der Waals surface area contributed by atoms with Crippen LogP contribution >= 0.6 is 0 Å². The summed E-state index contributed by atoms with van der Waals surface area (Å²) in [6, 6.07) is 1.46. The van der Waals surface area contributed by atoms with Crippen molar-refractivity contribution in [2.45, 2.75) is 32.2 Å². The summed E-state index contributed by atoms with van der Waals surface area (Å²) >= 11 is 0. The van der Waals surface area contributed by atoms with Crippen molar-refractivity contribution in [3.8, 4) is 0 Å². The quantitative estimate of drug-likeness (QED) is 0.759. The Hall–Kier alpha value is -1.52. The van der Waals surface area contributed by atoms with E-state index in [1.165, 1.54) is 10.6 Å². The van der Waals surface area contributed by atoms with Gasteiger partial charge in [-0.05, 0) is 18.8 Å². The van der Waals surface area contributed by atoms with Crippen molar-refractivity contribution >= 4 is 5.82 Å². The molecule has 1 heterocycles. The first-order valence-corrected chi connectivity index (χ1v) is 5.24. The molecule has 0 amide bonds. The Balaban J connectivity index is 2.31. The van der Waals surface area contributed by atoms with E-state index in [0.717, 1.165) is 19.3 Å². The largest absolute Gasteiger partial charge is 0.385 e. The fraction of sp³-hybridized carbons (Fsp3) is 0.600. The number of anilines is 1. The minimum atomic E-state index is -0.429. The maximum Gasteiger partial charge on any atom is 0.330 e. The summed E-state index contributed by atoms with van der Waals surface area (Å²) in [5.41, 5.74) is 4.85. The number of nitrogen functional groups attached to an aromatic ring is 1. The van der Waals surface area contributed by atoms with Crippen LogP contribution in [-0.2, 0) is 0 Å². The lowest BCUT2D eigenvalue weighted by Crippen LogP contribution is -2.31. The third kappa shape index (κ3) is 1.82. The van der Waals surface area contributed by atoms with E-state index in [2.05, 4.69) is 11.9 Å². The standard InChI is InChI=1S/C10H15N3O2/c1-2-3-6-4-7(6)13-8(11)5-9(14)12-10(13)15/h5-7H,2-4,11H2,1H3,(H,12,14,15). The van der Waals surface area contributed by atoms with Gasteiger partial charge in [-0.25, -0.2) is 4.79 Å². The van der Waals surface area contributed by atoms with E-state index >= 15 is 0 Å². The van der Waals surface area contributed by atoms with Gasteiger partial charge in [0.2, 0.25) is 0 Å². The molecule has 0 aromatic carbocycles. The van der Waals surface area contributed by atoms with Crippen LogP contribution in [0.15, 0.2) is 15.7 Å². The van der Waals surface area contributed by atoms with Crippen LogP contribution in [0, 0.1) is 5.92 Å². The summed E-state index contributed by atoms with van der Waals surface area (Å²) < 4.78 is 1.50. The molecule has 0 spiro atoms. The molecule has 5 heteroatoms. The van der Waals surface area contributed by atoms with Crippen LogP contribution in [0.25, 0.3) is 0 Å². The summed E-state index contributed by atoms with van der Waals surface area (Å²) in [6.45, 7) is 2.12. The molecule has 2 unspecified atom stereocenters. The molecule has 0 saturated heterocycles. The van der Waals surface area contributed by atoms with Crippen LogP contribution in [0.1, 0.15) is 32.2 Å². The second-order valence-electron chi connectivity index (χ2n) is 4.09. The Kier molecular flexibility index (Phi) is 2.38. The van der Waals surface area contributed by atoms with E-state index < -0.39 is 5.56 Å².